The number of hydrogen-bond acceptors (Lipinski definition) is 2. The van der Waals surface area contributed by atoms with Crippen molar-refractivity contribution in [3.8, 4) is 17.0 Å². The third-order valence-corrected chi connectivity index (χ3v) is 4.12. The van der Waals surface area contributed by atoms with E-state index in [1.54, 1.807) is 13.2 Å². The monoisotopic (exact) mass is 332 g/mol. The third-order valence-electron chi connectivity index (χ3n) is 3.39. The Balaban J connectivity index is 1.79. The Kier molecular flexibility index (Phi) is 4.36. The lowest BCUT2D eigenvalue weighted by Gasteiger charge is -2.02. The van der Waals surface area contributed by atoms with Crippen LogP contribution >= 0.6 is 23.2 Å². The number of benzene rings is 2. The van der Waals surface area contributed by atoms with Crippen molar-refractivity contribution in [2.75, 3.05) is 7.11 Å². The summed E-state index contributed by atoms with van der Waals surface area (Å²) in [7, 11) is 1.65. The fourth-order valence-electron chi connectivity index (χ4n) is 2.21. The largest absolute Gasteiger partial charge is 0.497 e. The van der Waals surface area contributed by atoms with Crippen molar-refractivity contribution >= 4 is 23.2 Å². The number of ether oxygens (including phenoxy) is 1. The maximum Gasteiger partial charge on any atom is 0.118 e. The maximum atomic E-state index is 6.04. The molecule has 1 heterocycles. The molecular weight excluding hydrogens is 319 g/mol. The number of imidazole rings is 1. The molecule has 0 unspecified atom stereocenters. The average Bonchev–Trinajstić information content (AvgIpc) is 2.99. The quantitative estimate of drug-likeness (QED) is 0.731. The van der Waals surface area contributed by atoms with Crippen LogP contribution in [-0.4, -0.2) is 17.1 Å². The first-order chi connectivity index (χ1) is 10.7. The van der Waals surface area contributed by atoms with Crippen LogP contribution in [0.2, 0.25) is 10.0 Å². The van der Waals surface area contributed by atoms with Gasteiger partial charge in [-0.2, -0.15) is 0 Å². The number of aromatic amines is 1. The molecule has 0 aliphatic heterocycles. The summed E-state index contributed by atoms with van der Waals surface area (Å²) in [4.78, 5) is 7.74. The molecule has 1 N–H and O–H groups in total. The lowest BCUT2D eigenvalue weighted by atomic mass is 10.1. The Morgan fingerprint density at radius 3 is 2.50 bits per heavy atom. The van der Waals surface area contributed by atoms with Crippen LogP contribution in [0.5, 0.6) is 5.75 Å². The van der Waals surface area contributed by atoms with Gasteiger partial charge in [0, 0.05) is 6.42 Å². The molecule has 3 nitrogen and oxygen atoms in total. The van der Waals surface area contributed by atoms with E-state index in [-0.39, 0.29) is 0 Å². The number of rotatable bonds is 4. The van der Waals surface area contributed by atoms with Crippen LogP contribution in [0, 0.1) is 0 Å². The summed E-state index contributed by atoms with van der Waals surface area (Å²) >= 11 is 12.0. The number of methoxy groups -OCH3 is 1. The van der Waals surface area contributed by atoms with Gasteiger partial charge in [-0.25, -0.2) is 4.98 Å². The van der Waals surface area contributed by atoms with Crippen molar-refractivity contribution in [1.82, 2.24) is 9.97 Å². The molecule has 22 heavy (non-hydrogen) atoms. The smallest absolute Gasteiger partial charge is 0.118 e. The molecule has 3 rings (SSSR count). The van der Waals surface area contributed by atoms with E-state index >= 15 is 0 Å². The summed E-state index contributed by atoms with van der Waals surface area (Å²) in [5, 5.41) is 1.12. The molecule has 0 aliphatic carbocycles. The summed E-state index contributed by atoms with van der Waals surface area (Å²) in [6, 6.07) is 13.4. The molecule has 0 amide bonds. The number of H-pyrrole nitrogens is 1. The molecule has 0 bridgehead atoms. The van der Waals surface area contributed by atoms with Crippen molar-refractivity contribution in [2.45, 2.75) is 6.42 Å². The van der Waals surface area contributed by atoms with E-state index in [0.29, 0.717) is 16.5 Å². The molecule has 1 aromatic heterocycles. The zero-order valence-electron chi connectivity index (χ0n) is 11.9. The van der Waals surface area contributed by atoms with E-state index in [1.807, 2.05) is 42.6 Å². The molecule has 0 saturated heterocycles. The number of halogens is 2. The topological polar surface area (TPSA) is 37.9 Å². The summed E-state index contributed by atoms with van der Waals surface area (Å²) in [6.07, 6.45) is 2.50. The number of nitrogens with zero attached hydrogens (tertiary/aromatic N) is 1. The Morgan fingerprint density at radius 1 is 1.05 bits per heavy atom. The number of nitrogens with one attached hydrogen (secondary N) is 1. The van der Waals surface area contributed by atoms with Gasteiger partial charge in [-0.3, -0.25) is 0 Å². The van der Waals surface area contributed by atoms with Crippen LogP contribution in [0.15, 0.2) is 48.7 Å². The molecule has 2 aromatic carbocycles. The second-order valence-electron chi connectivity index (χ2n) is 4.90. The van der Waals surface area contributed by atoms with Crippen LogP contribution in [-0.2, 0) is 6.42 Å². The van der Waals surface area contributed by atoms with Gasteiger partial charge < -0.3 is 9.72 Å². The number of hydrogen-bond donors (Lipinski definition) is 1. The van der Waals surface area contributed by atoms with Gasteiger partial charge in [0.25, 0.3) is 0 Å². The number of aromatic nitrogens is 2. The van der Waals surface area contributed by atoms with E-state index < -0.39 is 0 Å². The molecule has 0 atom stereocenters. The Hall–Kier alpha value is -1.97. The second kappa shape index (κ2) is 6.42. The lowest BCUT2D eigenvalue weighted by Crippen LogP contribution is -1.91. The van der Waals surface area contributed by atoms with Crippen LogP contribution in [0.1, 0.15) is 11.4 Å². The molecule has 0 fully saturated rings. The summed E-state index contributed by atoms with van der Waals surface area (Å²) in [5.74, 6) is 1.71. The van der Waals surface area contributed by atoms with Gasteiger partial charge in [0.15, 0.2) is 0 Å². The molecule has 5 heteroatoms. The zero-order chi connectivity index (χ0) is 15.5. The van der Waals surface area contributed by atoms with Gasteiger partial charge in [-0.15, -0.1) is 0 Å². The molecule has 0 spiro atoms. The molecule has 0 radical (unpaired) electrons. The van der Waals surface area contributed by atoms with E-state index in [0.717, 1.165) is 28.4 Å². The zero-order valence-corrected chi connectivity index (χ0v) is 13.4. The van der Waals surface area contributed by atoms with Gasteiger partial charge >= 0.3 is 0 Å². The maximum absolute atomic E-state index is 6.04. The van der Waals surface area contributed by atoms with E-state index in [2.05, 4.69) is 9.97 Å². The first kappa shape index (κ1) is 14.9. The minimum Gasteiger partial charge on any atom is -0.497 e. The Labute approximate surface area is 138 Å². The predicted octanol–water partition coefficient (Wildman–Crippen LogP) is 4.98. The van der Waals surface area contributed by atoms with E-state index in [1.165, 1.54) is 0 Å². The fourth-order valence-corrected chi connectivity index (χ4v) is 2.53. The first-order valence-electron chi connectivity index (χ1n) is 6.78. The highest BCUT2D eigenvalue weighted by Crippen LogP contribution is 2.24. The third kappa shape index (κ3) is 3.26. The van der Waals surface area contributed by atoms with E-state index in [9.17, 15) is 0 Å². The van der Waals surface area contributed by atoms with Gasteiger partial charge in [0.05, 0.1) is 29.0 Å². The van der Waals surface area contributed by atoms with Crippen molar-refractivity contribution in [2.24, 2.45) is 0 Å². The molecular formula is C17H14Cl2N2O. The highest BCUT2D eigenvalue weighted by molar-refractivity contribution is 6.42. The van der Waals surface area contributed by atoms with Crippen molar-refractivity contribution in [3.63, 3.8) is 0 Å². The van der Waals surface area contributed by atoms with Crippen molar-refractivity contribution in [3.05, 3.63) is 70.1 Å². The molecule has 112 valence electrons. The Bertz CT molecular complexity index is 782. The second-order valence-corrected chi connectivity index (χ2v) is 5.71. The SMILES string of the molecule is COc1ccc(-c2cnc(Cc3ccc(Cl)c(Cl)c3)[nH]2)cc1. The summed E-state index contributed by atoms with van der Waals surface area (Å²) in [5.41, 5.74) is 3.09. The Morgan fingerprint density at radius 2 is 1.82 bits per heavy atom. The van der Waals surface area contributed by atoms with Crippen LogP contribution < -0.4 is 4.74 Å². The van der Waals surface area contributed by atoms with Gasteiger partial charge in [0.1, 0.15) is 11.6 Å². The van der Waals surface area contributed by atoms with Crippen molar-refractivity contribution < 1.29 is 4.74 Å². The normalized spacial score (nSPS) is 10.7. The highest BCUT2D eigenvalue weighted by Gasteiger charge is 2.06. The van der Waals surface area contributed by atoms with Gasteiger partial charge in [-0.1, -0.05) is 29.3 Å². The standard InChI is InChI=1S/C17H14Cl2N2O/c1-22-13-5-3-12(4-6-13)16-10-20-17(21-16)9-11-2-7-14(18)15(19)8-11/h2-8,10H,9H2,1H3,(H,20,21). The molecule has 3 aromatic rings. The minimum absolute atomic E-state index is 0.557. The van der Waals surface area contributed by atoms with Gasteiger partial charge in [-0.05, 0) is 47.5 Å². The fraction of sp³-hybridized carbons (Fsp3) is 0.118. The summed E-state index contributed by atoms with van der Waals surface area (Å²) < 4.78 is 5.16. The molecule has 0 aliphatic rings. The van der Waals surface area contributed by atoms with Crippen molar-refractivity contribution in [1.29, 1.82) is 0 Å². The summed E-state index contributed by atoms with van der Waals surface area (Å²) in [6.45, 7) is 0. The van der Waals surface area contributed by atoms with E-state index in [4.69, 9.17) is 27.9 Å². The van der Waals surface area contributed by atoms with Crippen LogP contribution in [0.3, 0.4) is 0 Å². The predicted molar refractivity (Wildman–Crippen MR) is 89.8 cm³/mol. The highest BCUT2D eigenvalue weighted by atomic mass is 35.5. The average molecular weight is 333 g/mol. The lowest BCUT2D eigenvalue weighted by molar-refractivity contribution is 0.415. The van der Waals surface area contributed by atoms with Gasteiger partial charge in [0.2, 0.25) is 0 Å². The van der Waals surface area contributed by atoms with Crippen LogP contribution in [0.4, 0.5) is 0 Å². The van der Waals surface area contributed by atoms with Crippen LogP contribution in [0.25, 0.3) is 11.3 Å². The first-order valence-corrected chi connectivity index (χ1v) is 7.53. The minimum atomic E-state index is 0.557. The molecule has 0 saturated carbocycles.